The number of halogens is 1. The molecule has 1 amide bonds. The van der Waals surface area contributed by atoms with Crippen LogP contribution in [0, 0.1) is 20.8 Å². The van der Waals surface area contributed by atoms with Gasteiger partial charge in [0.1, 0.15) is 0 Å². The molecule has 0 aliphatic carbocycles. The predicted molar refractivity (Wildman–Crippen MR) is 131 cm³/mol. The van der Waals surface area contributed by atoms with Gasteiger partial charge in [0.2, 0.25) is 6.79 Å². The SMILES string of the molecule is Cc1ccc(NC(=O)c2cc(-c3ccc(Cl)cc3)n(-c3ccc4c(c3)OCO4)c2C)cc1C. The zero-order valence-corrected chi connectivity index (χ0v) is 19.4. The van der Waals surface area contributed by atoms with Crippen molar-refractivity contribution >= 4 is 23.2 Å². The molecule has 0 saturated heterocycles. The minimum atomic E-state index is -0.162. The van der Waals surface area contributed by atoms with Crippen molar-refractivity contribution in [2.45, 2.75) is 20.8 Å². The number of fused-ring (bicyclic) bond motifs is 1. The lowest BCUT2D eigenvalue weighted by Gasteiger charge is -2.13. The normalized spacial score (nSPS) is 12.1. The average molecular weight is 459 g/mol. The fourth-order valence-corrected chi connectivity index (χ4v) is 4.17. The van der Waals surface area contributed by atoms with Gasteiger partial charge in [-0.05, 0) is 79.9 Å². The van der Waals surface area contributed by atoms with E-state index in [4.69, 9.17) is 21.1 Å². The van der Waals surface area contributed by atoms with Crippen LogP contribution in [0.1, 0.15) is 27.2 Å². The van der Waals surface area contributed by atoms with Crippen LogP contribution in [0.3, 0.4) is 0 Å². The van der Waals surface area contributed by atoms with Gasteiger partial charge in [0.15, 0.2) is 11.5 Å². The van der Waals surface area contributed by atoms with Crippen LogP contribution in [0.5, 0.6) is 11.5 Å². The first kappa shape index (κ1) is 21.2. The molecule has 1 aliphatic heterocycles. The molecule has 4 aromatic rings. The first-order valence-corrected chi connectivity index (χ1v) is 11.1. The number of aromatic nitrogens is 1. The number of carbonyl (C=O) groups excluding carboxylic acids is 1. The first-order valence-electron chi connectivity index (χ1n) is 10.7. The van der Waals surface area contributed by atoms with E-state index in [1.165, 1.54) is 5.56 Å². The van der Waals surface area contributed by atoms with Gasteiger partial charge in [0.05, 0.1) is 11.3 Å². The zero-order chi connectivity index (χ0) is 23.1. The Morgan fingerprint density at radius 1 is 0.879 bits per heavy atom. The van der Waals surface area contributed by atoms with Gasteiger partial charge >= 0.3 is 0 Å². The lowest BCUT2D eigenvalue weighted by Crippen LogP contribution is -2.13. The summed E-state index contributed by atoms with van der Waals surface area (Å²) in [5, 5.41) is 3.70. The predicted octanol–water partition coefficient (Wildman–Crippen LogP) is 6.70. The number of hydrogen-bond donors (Lipinski definition) is 1. The smallest absolute Gasteiger partial charge is 0.257 e. The van der Waals surface area contributed by atoms with E-state index in [2.05, 4.69) is 16.8 Å². The van der Waals surface area contributed by atoms with Crippen molar-refractivity contribution in [3.05, 3.63) is 94.1 Å². The molecule has 0 fully saturated rings. The van der Waals surface area contributed by atoms with Crippen LogP contribution in [0.15, 0.2) is 66.7 Å². The van der Waals surface area contributed by atoms with Crippen LogP contribution in [0.25, 0.3) is 16.9 Å². The number of nitrogens with zero attached hydrogens (tertiary/aromatic N) is 1. The highest BCUT2D eigenvalue weighted by Gasteiger charge is 2.22. The van der Waals surface area contributed by atoms with E-state index in [1.54, 1.807) is 0 Å². The molecule has 6 heteroatoms. The highest BCUT2D eigenvalue weighted by molar-refractivity contribution is 6.30. The van der Waals surface area contributed by atoms with E-state index in [0.717, 1.165) is 33.9 Å². The van der Waals surface area contributed by atoms with E-state index in [0.29, 0.717) is 22.1 Å². The Kier molecular flexibility index (Phi) is 5.35. The molecule has 33 heavy (non-hydrogen) atoms. The number of ether oxygens (including phenoxy) is 2. The van der Waals surface area contributed by atoms with Crippen LogP contribution in [-0.2, 0) is 0 Å². The summed E-state index contributed by atoms with van der Waals surface area (Å²) in [7, 11) is 0. The fraction of sp³-hybridized carbons (Fsp3) is 0.148. The van der Waals surface area contributed by atoms with Crippen molar-refractivity contribution in [3.8, 4) is 28.4 Å². The van der Waals surface area contributed by atoms with Crippen molar-refractivity contribution < 1.29 is 14.3 Å². The van der Waals surface area contributed by atoms with Crippen molar-refractivity contribution in [1.29, 1.82) is 0 Å². The second-order valence-electron chi connectivity index (χ2n) is 8.16. The summed E-state index contributed by atoms with van der Waals surface area (Å²) >= 11 is 6.12. The largest absolute Gasteiger partial charge is 0.454 e. The van der Waals surface area contributed by atoms with E-state index < -0.39 is 0 Å². The highest BCUT2D eigenvalue weighted by atomic mass is 35.5. The van der Waals surface area contributed by atoms with Crippen LogP contribution >= 0.6 is 11.6 Å². The standard InChI is InChI=1S/C27H23ClN2O3/c1-16-4-9-21(12-17(16)2)29-27(31)23-14-24(19-5-7-20(28)8-6-19)30(18(23)3)22-10-11-25-26(13-22)33-15-32-25/h4-14H,15H2,1-3H3,(H,29,31). The molecule has 1 aliphatic rings. The van der Waals surface area contributed by atoms with Gasteiger partial charge in [0, 0.05) is 28.2 Å². The lowest BCUT2D eigenvalue weighted by atomic mass is 10.1. The molecular weight excluding hydrogens is 436 g/mol. The van der Waals surface area contributed by atoms with Crippen LogP contribution in [0.2, 0.25) is 5.02 Å². The van der Waals surface area contributed by atoms with Crippen LogP contribution < -0.4 is 14.8 Å². The van der Waals surface area contributed by atoms with Gasteiger partial charge in [-0.1, -0.05) is 29.8 Å². The summed E-state index contributed by atoms with van der Waals surface area (Å²) in [4.78, 5) is 13.3. The average Bonchev–Trinajstić information content (AvgIpc) is 3.40. The molecule has 5 rings (SSSR count). The number of benzene rings is 3. The lowest BCUT2D eigenvalue weighted by molar-refractivity contribution is 0.102. The van der Waals surface area contributed by atoms with Crippen molar-refractivity contribution in [1.82, 2.24) is 4.57 Å². The summed E-state index contributed by atoms with van der Waals surface area (Å²) in [6.45, 7) is 6.23. The quantitative estimate of drug-likeness (QED) is 0.370. The minimum Gasteiger partial charge on any atom is -0.454 e. The maximum Gasteiger partial charge on any atom is 0.257 e. The number of amides is 1. The van der Waals surface area contributed by atoms with E-state index in [9.17, 15) is 4.79 Å². The number of nitrogens with one attached hydrogen (secondary N) is 1. The van der Waals surface area contributed by atoms with Gasteiger partial charge in [-0.15, -0.1) is 0 Å². The molecule has 0 unspecified atom stereocenters. The Bertz CT molecular complexity index is 1370. The Morgan fingerprint density at radius 3 is 2.39 bits per heavy atom. The Balaban J connectivity index is 1.60. The molecule has 0 bridgehead atoms. The van der Waals surface area contributed by atoms with Gasteiger partial charge < -0.3 is 19.4 Å². The molecule has 0 saturated carbocycles. The van der Waals surface area contributed by atoms with E-state index in [-0.39, 0.29) is 12.7 Å². The third-order valence-electron chi connectivity index (χ3n) is 6.01. The molecule has 0 atom stereocenters. The molecule has 1 aromatic heterocycles. The minimum absolute atomic E-state index is 0.162. The van der Waals surface area contributed by atoms with Gasteiger partial charge in [-0.25, -0.2) is 0 Å². The summed E-state index contributed by atoms with van der Waals surface area (Å²) in [5.74, 6) is 1.23. The van der Waals surface area contributed by atoms with Crippen LogP contribution in [-0.4, -0.2) is 17.3 Å². The Morgan fingerprint density at radius 2 is 1.64 bits per heavy atom. The molecule has 166 valence electrons. The third kappa shape index (κ3) is 3.96. The molecule has 1 N–H and O–H groups in total. The summed E-state index contributed by atoms with van der Waals surface area (Å²) < 4.78 is 13.1. The number of hydrogen-bond acceptors (Lipinski definition) is 3. The molecule has 5 nitrogen and oxygen atoms in total. The van der Waals surface area contributed by atoms with Crippen LogP contribution in [0.4, 0.5) is 5.69 Å². The van der Waals surface area contributed by atoms with Gasteiger partial charge in [0.25, 0.3) is 5.91 Å². The number of aryl methyl sites for hydroxylation is 2. The zero-order valence-electron chi connectivity index (χ0n) is 18.6. The Labute approximate surface area is 197 Å². The second-order valence-corrected chi connectivity index (χ2v) is 8.60. The third-order valence-corrected chi connectivity index (χ3v) is 6.26. The maximum atomic E-state index is 13.3. The van der Waals surface area contributed by atoms with Gasteiger partial charge in [-0.2, -0.15) is 0 Å². The molecule has 0 radical (unpaired) electrons. The maximum absolute atomic E-state index is 13.3. The van der Waals surface area contributed by atoms with E-state index >= 15 is 0 Å². The Hall–Kier alpha value is -3.70. The number of rotatable bonds is 4. The second kappa shape index (κ2) is 8.34. The van der Waals surface area contributed by atoms with Crippen molar-refractivity contribution in [2.24, 2.45) is 0 Å². The van der Waals surface area contributed by atoms with E-state index in [1.807, 2.05) is 80.6 Å². The molecule has 2 heterocycles. The monoisotopic (exact) mass is 458 g/mol. The molecule has 3 aromatic carbocycles. The molecule has 0 spiro atoms. The van der Waals surface area contributed by atoms with Crippen molar-refractivity contribution in [3.63, 3.8) is 0 Å². The number of anilines is 1. The molecular formula is C27H23ClN2O3. The first-order chi connectivity index (χ1) is 15.9. The van der Waals surface area contributed by atoms with Gasteiger partial charge in [-0.3, -0.25) is 4.79 Å². The summed E-state index contributed by atoms with van der Waals surface area (Å²) in [6.07, 6.45) is 0. The summed E-state index contributed by atoms with van der Waals surface area (Å²) in [5.41, 5.74) is 7.21. The topological polar surface area (TPSA) is 52.5 Å². The number of carbonyl (C=O) groups is 1. The fourth-order valence-electron chi connectivity index (χ4n) is 4.04. The van der Waals surface area contributed by atoms with Crippen molar-refractivity contribution in [2.75, 3.05) is 12.1 Å². The summed E-state index contributed by atoms with van der Waals surface area (Å²) in [6, 6.07) is 21.2. The highest BCUT2D eigenvalue weighted by Crippen LogP contribution is 2.37.